The zero-order valence-electron chi connectivity index (χ0n) is 15.4. The highest BCUT2D eigenvalue weighted by molar-refractivity contribution is 5.77. The summed E-state index contributed by atoms with van der Waals surface area (Å²) in [5, 5.41) is 9.48. The predicted octanol–water partition coefficient (Wildman–Crippen LogP) is 5.12. The quantitative estimate of drug-likeness (QED) is 0.306. The van der Waals surface area contributed by atoms with Gasteiger partial charge in [-0.15, -0.1) is 0 Å². The highest BCUT2D eigenvalue weighted by Gasteiger charge is 2.19. The van der Waals surface area contributed by atoms with Crippen LogP contribution < -0.4 is 5.73 Å². The third kappa shape index (κ3) is 14.5. The number of unbranched alkanes of at least 4 members (excludes halogenated alkanes) is 10. The molecule has 0 aliphatic heterocycles. The molecule has 0 aromatic carbocycles. The van der Waals surface area contributed by atoms with E-state index in [2.05, 4.69) is 19.1 Å². The van der Waals surface area contributed by atoms with E-state index in [0.717, 1.165) is 19.3 Å². The summed E-state index contributed by atoms with van der Waals surface area (Å²) in [4.78, 5) is 11.2. The van der Waals surface area contributed by atoms with Gasteiger partial charge in [-0.25, -0.2) is 0 Å². The van der Waals surface area contributed by atoms with Gasteiger partial charge in [-0.1, -0.05) is 70.4 Å². The minimum Gasteiger partial charge on any atom is -0.393 e. The zero-order chi connectivity index (χ0) is 17.3. The number of nitrogens with two attached hydrogens (primary N) is 1. The third-order valence-corrected chi connectivity index (χ3v) is 4.47. The van der Waals surface area contributed by atoms with Crippen LogP contribution in [0.3, 0.4) is 0 Å². The van der Waals surface area contributed by atoms with Crippen molar-refractivity contribution in [3.05, 3.63) is 12.2 Å². The Morgan fingerprint density at radius 1 is 0.913 bits per heavy atom. The van der Waals surface area contributed by atoms with Crippen LogP contribution >= 0.6 is 0 Å². The maximum atomic E-state index is 11.2. The van der Waals surface area contributed by atoms with Crippen molar-refractivity contribution in [1.29, 1.82) is 0 Å². The molecule has 0 radical (unpaired) electrons. The van der Waals surface area contributed by atoms with Gasteiger partial charge in [-0.2, -0.15) is 0 Å². The zero-order valence-corrected chi connectivity index (χ0v) is 15.4. The standard InChI is InChI=1S/C20H39NO2/c1-3-4-5-6-7-8-9-10-11-12-13-14-15-16-17-19(18(2)22)20(21)23/h10-11,18-19,22H,3-9,12-17H2,1-2H3,(H2,21,23). The van der Waals surface area contributed by atoms with Gasteiger partial charge in [0.15, 0.2) is 0 Å². The van der Waals surface area contributed by atoms with Gasteiger partial charge in [-0.05, 0) is 39.0 Å². The topological polar surface area (TPSA) is 63.3 Å². The van der Waals surface area contributed by atoms with Gasteiger partial charge < -0.3 is 10.8 Å². The molecule has 2 unspecified atom stereocenters. The van der Waals surface area contributed by atoms with Crippen molar-refractivity contribution in [1.82, 2.24) is 0 Å². The van der Waals surface area contributed by atoms with Gasteiger partial charge in [-0.3, -0.25) is 4.79 Å². The Morgan fingerprint density at radius 2 is 1.39 bits per heavy atom. The molecule has 23 heavy (non-hydrogen) atoms. The van der Waals surface area contributed by atoms with Crippen LogP contribution in [-0.2, 0) is 4.79 Å². The van der Waals surface area contributed by atoms with Crippen LogP contribution in [0.4, 0.5) is 0 Å². The van der Waals surface area contributed by atoms with Crippen LogP contribution in [0.25, 0.3) is 0 Å². The first-order valence-electron chi connectivity index (χ1n) is 9.72. The van der Waals surface area contributed by atoms with Crippen LogP contribution in [0, 0.1) is 5.92 Å². The lowest BCUT2D eigenvalue weighted by Crippen LogP contribution is -2.31. The van der Waals surface area contributed by atoms with E-state index in [0.29, 0.717) is 6.42 Å². The molecule has 0 aromatic heterocycles. The number of aliphatic hydroxyl groups is 1. The van der Waals surface area contributed by atoms with Crippen molar-refractivity contribution in [2.75, 3.05) is 0 Å². The van der Waals surface area contributed by atoms with Gasteiger partial charge in [0.1, 0.15) is 0 Å². The summed E-state index contributed by atoms with van der Waals surface area (Å²) in [7, 11) is 0. The highest BCUT2D eigenvalue weighted by atomic mass is 16.3. The fourth-order valence-corrected chi connectivity index (χ4v) is 2.88. The molecule has 3 N–H and O–H groups in total. The lowest BCUT2D eigenvalue weighted by molar-refractivity contribution is -0.125. The predicted molar refractivity (Wildman–Crippen MR) is 99.2 cm³/mol. The van der Waals surface area contributed by atoms with Crippen molar-refractivity contribution in [3.8, 4) is 0 Å². The smallest absolute Gasteiger partial charge is 0.223 e. The first kappa shape index (κ1) is 22.2. The Balaban J connectivity index is 3.35. The van der Waals surface area contributed by atoms with Gasteiger partial charge in [0.2, 0.25) is 5.91 Å². The number of carbonyl (C=O) groups is 1. The number of allylic oxidation sites excluding steroid dienone is 2. The maximum absolute atomic E-state index is 11.2. The summed E-state index contributed by atoms with van der Waals surface area (Å²) in [6, 6.07) is 0. The number of rotatable bonds is 16. The second kappa shape index (κ2) is 16.0. The molecule has 0 aliphatic carbocycles. The van der Waals surface area contributed by atoms with Gasteiger partial charge >= 0.3 is 0 Å². The first-order valence-corrected chi connectivity index (χ1v) is 9.72. The van der Waals surface area contributed by atoms with Crippen LogP contribution in [0.2, 0.25) is 0 Å². The lowest BCUT2D eigenvalue weighted by Gasteiger charge is -2.15. The molecule has 0 fully saturated rings. The highest BCUT2D eigenvalue weighted by Crippen LogP contribution is 2.15. The number of hydrogen-bond acceptors (Lipinski definition) is 2. The van der Waals surface area contributed by atoms with E-state index in [1.807, 2.05) is 0 Å². The van der Waals surface area contributed by atoms with E-state index < -0.39 is 6.10 Å². The van der Waals surface area contributed by atoms with E-state index in [9.17, 15) is 9.90 Å². The average Bonchev–Trinajstić information content (AvgIpc) is 2.50. The van der Waals surface area contributed by atoms with Crippen molar-refractivity contribution >= 4 is 5.91 Å². The Morgan fingerprint density at radius 3 is 1.87 bits per heavy atom. The molecule has 0 saturated heterocycles. The van der Waals surface area contributed by atoms with Gasteiger partial charge in [0, 0.05) is 0 Å². The summed E-state index contributed by atoms with van der Waals surface area (Å²) >= 11 is 0. The number of primary amides is 1. The molecule has 3 nitrogen and oxygen atoms in total. The number of hydrogen-bond donors (Lipinski definition) is 2. The summed E-state index contributed by atoms with van der Waals surface area (Å²) < 4.78 is 0. The molecule has 0 bridgehead atoms. The number of amides is 1. The summed E-state index contributed by atoms with van der Waals surface area (Å²) in [5.41, 5.74) is 5.28. The Kier molecular flexibility index (Phi) is 15.5. The minimum absolute atomic E-state index is 0.377. The maximum Gasteiger partial charge on any atom is 0.223 e. The van der Waals surface area contributed by atoms with E-state index in [4.69, 9.17) is 5.73 Å². The van der Waals surface area contributed by atoms with Crippen LogP contribution in [-0.4, -0.2) is 17.1 Å². The third-order valence-electron chi connectivity index (χ3n) is 4.47. The SMILES string of the molecule is CCCCCCCCC=CCCCCCCC(C(N)=O)C(C)O. The first-order chi connectivity index (χ1) is 11.1. The molecule has 0 aliphatic rings. The second-order valence-electron chi connectivity index (χ2n) is 6.77. The van der Waals surface area contributed by atoms with Crippen molar-refractivity contribution in [2.45, 2.75) is 103 Å². The molecule has 1 amide bonds. The average molecular weight is 326 g/mol. The van der Waals surface area contributed by atoms with Gasteiger partial charge in [0.05, 0.1) is 12.0 Å². The summed E-state index contributed by atoms with van der Waals surface area (Å²) in [6.45, 7) is 3.90. The van der Waals surface area contributed by atoms with E-state index in [1.165, 1.54) is 57.8 Å². The van der Waals surface area contributed by atoms with Crippen molar-refractivity contribution in [2.24, 2.45) is 11.7 Å². The fourth-order valence-electron chi connectivity index (χ4n) is 2.88. The van der Waals surface area contributed by atoms with E-state index in [-0.39, 0.29) is 11.8 Å². The summed E-state index contributed by atoms with van der Waals surface area (Å²) in [5.74, 6) is -0.759. The van der Waals surface area contributed by atoms with Crippen molar-refractivity contribution in [3.63, 3.8) is 0 Å². The van der Waals surface area contributed by atoms with Crippen LogP contribution in [0.5, 0.6) is 0 Å². The number of aliphatic hydroxyl groups excluding tert-OH is 1. The largest absolute Gasteiger partial charge is 0.393 e. The summed E-state index contributed by atoms with van der Waals surface area (Å²) in [6.07, 6.45) is 19.8. The lowest BCUT2D eigenvalue weighted by atomic mass is 9.95. The molecule has 0 heterocycles. The van der Waals surface area contributed by atoms with Crippen LogP contribution in [0.15, 0.2) is 12.2 Å². The number of carbonyl (C=O) groups excluding carboxylic acids is 1. The molecule has 3 heteroatoms. The molecule has 2 atom stereocenters. The normalized spacial score (nSPS) is 14.2. The molecular weight excluding hydrogens is 286 g/mol. The van der Waals surface area contributed by atoms with Crippen LogP contribution in [0.1, 0.15) is 97.3 Å². The van der Waals surface area contributed by atoms with Crippen molar-refractivity contribution < 1.29 is 9.90 Å². The fraction of sp³-hybridized carbons (Fsp3) is 0.850. The molecule has 0 spiro atoms. The van der Waals surface area contributed by atoms with E-state index in [1.54, 1.807) is 6.92 Å². The monoisotopic (exact) mass is 325 g/mol. The molecule has 0 rings (SSSR count). The Labute approximate surface area is 143 Å². The molecule has 136 valence electrons. The minimum atomic E-state index is -0.627. The Bertz CT molecular complexity index is 300. The second-order valence-corrected chi connectivity index (χ2v) is 6.77. The van der Waals surface area contributed by atoms with Gasteiger partial charge in [0.25, 0.3) is 0 Å². The molecule has 0 aromatic rings. The molecular formula is C20H39NO2. The molecule has 0 saturated carbocycles. The Hall–Kier alpha value is -0.830. The van der Waals surface area contributed by atoms with E-state index >= 15 is 0 Å².